The van der Waals surface area contributed by atoms with E-state index < -0.39 is 15.8 Å². The van der Waals surface area contributed by atoms with Gasteiger partial charge in [-0.25, -0.2) is 17.5 Å². The minimum Gasteiger partial charge on any atom is -0.398 e. The van der Waals surface area contributed by atoms with Gasteiger partial charge in [-0.05, 0) is 42.9 Å². The van der Waals surface area contributed by atoms with Gasteiger partial charge in [0, 0.05) is 6.04 Å². The van der Waals surface area contributed by atoms with Crippen LogP contribution in [-0.4, -0.2) is 14.5 Å². The summed E-state index contributed by atoms with van der Waals surface area (Å²) in [7, 11) is -3.70. The Morgan fingerprint density at radius 3 is 2.65 bits per heavy atom. The standard InChI is InChI=1S/C14H21FN2O2S/c1-3-10-4-6-13(9(10)2)17-20(18,19)14-7-5-11(15)8-12(14)16/h5,7-10,13,17H,3-4,6,16H2,1-2H3. The Labute approximate surface area is 119 Å². The van der Waals surface area contributed by atoms with Gasteiger partial charge in [-0.2, -0.15) is 0 Å². The summed E-state index contributed by atoms with van der Waals surface area (Å²) >= 11 is 0. The Hall–Kier alpha value is -1.14. The fourth-order valence-electron chi connectivity index (χ4n) is 3.02. The van der Waals surface area contributed by atoms with Crippen molar-refractivity contribution in [2.24, 2.45) is 11.8 Å². The number of anilines is 1. The zero-order valence-electron chi connectivity index (χ0n) is 11.8. The molecular formula is C14H21FN2O2S. The Morgan fingerprint density at radius 2 is 2.10 bits per heavy atom. The van der Waals surface area contributed by atoms with Crippen molar-refractivity contribution in [1.82, 2.24) is 4.72 Å². The summed E-state index contributed by atoms with van der Waals surface area (Å²) in [6.07, 6.45) is 2.92. The minimum absolute atomic E-state index is 0.0500. The van der Waals surface area contributed by atoms with Gasteiger partial charge in [-0.1, -0.05) is 20.3 Å². The van der Waals surface area contributed by atoms with Crippen LogP contribution in [-0.2, 0) is 10.0 Å². The lowest BCUT2D eigenvalue weighted by molar-refractivity contribution is 0.368. The lowest BCUT2D eigenvalue weighted by atomic mass is 9.94. The molecule has 1 aromatic rings. The molecule has 1 aliphatic rings. The van der Waals surface area contributed by atoms with Crippen LogP contribution >= 0.6 is 0 Å². The summed E-state index contributed by atoms with van der Waals surface area (Å²) in [4.78, 5) is -0.0500. The van der Waals surface area contributed by atoms with Crippen molar-refractivity contribution in [1.29, 1.82) is 0 Å². The molecule has 4 nitrogen and oxygen atoms in total. The molecule has 1 saturated carbocycles. The summed E-state index contributed by atoms with van der Waals surface area (Å²) in [5.41, 5.74) is 5.55. The van der Waals surface area contributed by atoms with Crippen LogP contribution in [0.2, 0.25) is 0 Å². The van der Waals surface area contributed by atoms with Gasteiger partial charge in [0.2, 0.25) is 10.0 Å². The predicted molar refractivity (Wildman–Crippen MR) is 77.1 cm³/mol. The zero-order chi connectivity index (χ0) is 14.9. The highest BCUT2D eigenvalue weighted by molar-refractivity contribution is 7.89. The largest absolute Gasteiger partial charge is 0.398 e. The monoisotopic (exact) mass is 300 g/mol. The van der Waals surface area contributed by atoms with Crippen molar-refractivity contribution in [3.63, 3.8) is 0 Å². The van der Waals surface area contributed by atoms with E-state index in [1.165, 1.54) is 6.07 Å². The van der Waals surface area contributed by atoms with Crippen LogP contribution in [0.15, 0.2) is 23.1 Å². The number of halogens is 1. The third kappa shape index (κ3) is 2.96. The Kier molecular flexibility index (Phi) is 4.34. The predicted octanol–water partition coefficient (Wildman–Crippen LogP) is 2.51. The van der Waals surface area contributed by atoms with Crippen LogP contribution in [0.4, 0.5) is 10.1 Å². The van der Waals surface area contributed by atoms with Crippen LogP contribution in [0.25, 0.3) is 0 Å². The van der Waals surface area contributed by atoms with Gasteiger partial charge in [0.15, 0.2) is 0 Å². The normalized spacial score (nSPS) is 26.9. The first-order valence-corrected chi connectivity index (χ1v) is 8.40. The van der Waals surface area contributed by atoms with Crippen molar-refractivity contribution >= 4 is 15.7 Å². The second kappa shape index (κ2) is 5.69. The molecule has 0 aromatic heterocycles. The molecule has 0 radical (unpaired) electrons. The third-order valence-corrected chi connectivity index (χ3v) is 5.88. The molecule has 112 valence electrons. The van der Waals surface area contributed by atoms with E-state index >= 15 is 0 Å². The average molecular weight is 300 g/mol. The number of hydrogen-bond acceptors (Lipinski definition) is 3. The maximum absolute atomic E-state index is 13.0. The lowest BCUT2D eigenvalue weighted by Crippen LogP contribution is -2.37. The van der Waals surface area contributed by atoms with Crippen LogP contribution in [0, 0.1) is 17.7 Å². The third-order valence-electron chi connectivity index (χ3n) is 4.32. The molecule has 0 heterocycles. The van der Waals surface area contributed by atoms with Crippen molar-refractivity contribution in [2.75, 3.05) is 5.73 Å². The van der Waals surface area contributed by atoms with Crippen molar-refractivity contribution in [3.8, 4) is 0 Å². The molecule has 6 heteroatoms. The molecule has 3 atom stereocenters. The van der Waals surface area contributed by atoms with Gasteiger partial charge in [-0.15, -0.1) is 0 Å². The summed E-state index contributed by atoms with van der Waals surface area (Å²) < 4.78 is 40.4. The number of nitrogens with two attached hydrogens (primary N) is 1. The lowest BCUT2D eigenvalue weighted by Gasteiger charge is -2.21. The first kappa shape index (κ1) is 15.3. The molecular weight excluding hydrogens is 279 g/mol. The van der Waals surface area contributed by atoms with E-state index in [0.29, 0.717) is 11.8 Å². The van der Waals surface area contributed by atoms with Gasteiger partial charge in [0.1, 0.15) is 10.7 Å². The number of rotatable bonds is 4. The van der Waals surface area contributed by atoms with Crippen LogP contribution in [0.3, 0.4) is 0 Å². The Balaban J connectivity index is 2.20. The van der Waals surface area contributed by atoms with E-state index in [1.807, 2.05) is 0 Å². The van der Waals surface area contributed by atoms with E-state index in [4.69, 9.17) is 5.73 Å². The smallest absolute Gasteiger partial charge is 0.242 e. The number of sulfonamides is 1. The second-order valence-electron chi connectivity index (χ2n) is 5.51. The Morgan fingerprint density at radius 1 is 1.40 bits per heavy atom. The highest BCUT2D eigenvalue weighted by atomic mass is 32.2. The summed E-state index contributed by atoms with van der Waals surface area (Å²) in [5.74, 6) is 0.312. The van der Waals surface area contributed by atoms with Gasteiger partial charge < -0.3 is 5.73 Å². The first-order valence-electron chi connectivity index (χ1n) is 6.92. The molecule has 1 fully saturated rings. The molecule has 0 amide bonds. The molecule has 0 saturated heterocycles. The maximum Gasteiger partial charge on any atom is 0.242 e. The fraction of sp³-hybridized carbons (Fsp3) is 0.571. The van der Waals surface area contributed by atoms with Crippen LogP contribution in [0.1, 0.15) is 33.1 Å². The summed E-state index contributed by atoms with van der Waals surface area (Å²) in [6, 6.07) is 3.28. The van der Waals surface area contributed by atoms with Crippen molar-refractivity contribution in [3.05, 3.63) is 24.0 Å². The molecule has 0 aliphatic heterocycles. The topological polar surface area (TPSA) is 72.2 Å². The molecule has 0 bridgehead atoms. The molecule has 3 N–H and O–H groups in total. The molecule has 0 spiro atoms. The first-order chi connectivity index (χ1) is 9.35. The van der Waals surface area contributed by atoms with Crippen LogP contribution < -0.4 is 10.5 Å². The summed E-state index contributed by atoms with van der Waals surface area (Å²) in [6.45, 7) is 4.19. The minimum atomic E-state index is -3.70. The van der Waals surface area contributed by atoms with E-state index in [0.717, 1.165) is 31.4 Å². The number of nitrogens with one attached hydrogen (secondary N) is 1. The van der Waals surface area contributed by atoms with Gasteiger partial charge in [-0.3, -0.25) is 0 Å². The van der Waals surface area contributed by atoms with Gasteiger partial charge in [0.25, 0.3) is 0 Å². The SMILES string of the molecule is CCC1CCC(NS(=O)(=O)c2ccc(F)cc2N)C1C. The highest BCUT2D eigenvalue weighted by Crippen LogP contribution is 2.35. The Bertz CT molecular complexity index is 589. The van der Waals surface area contributed by atoms with E-state index in [9.17, 15) is 12.8 Å². The average Bonchev–Trinajstić information content (AvgIpc) is 2.69. The highest BCUT2D eigenvalue weighted by Gasteiger charge is 2.34. The number of benzene rings is 1. The molecule has 3 unspecified atom stereocenters. The molecule has 1 aliphatic carbocycles. The molecule has 20 heavy (non-hydrogen) atoms. The molecule has 2 rings (SSSR count). The van der Waals surface area contributed by atoms with E-state index in [1.54, 1.807) is 0 Å². The van der Waals surface area contributed by atoms with Crippen molar-refractivity contribution < 1.29 is 12.8 Å². The fourth-order valence-corrected chi connectivity index (χ4v) is 4.49. The quantitative estimate of drug-likeness (QED) is 0.839. The number of hydrogen-bond donors (Lipinski definition) is 2. The number of nitrogen functional groups attached to an aromatic ring is 1. The molecule has 1 aromatic carbocycles. The van der Waals surface area contributed by atoms with Gasteiger partial charge in [0.05, 0.1) is 5.69 Å². The van der Waals surface area contributed by atoms with E-state index in [-0.39, 0.29) is 16.6 Å². The zero-order valence-corrected chi connectivity index (χ0v) is 12.6. The maximum atomic E-state index is 13.0. The van der Waals surface area contributed by atoms with Crippen molar-refractivity contribution in [2.45, 2.75) is 44.0 Å². The summed E-state index contributed by atoms with van der Waals surface area (Å²) in [5, 5.41) is 0. The van der Waals surface area contributed by atoms with E-state index in [2.05, 4.69) is 18.6 Å². The van der Waals surface area contributed by atoms with Gasteiger partial charge >= 0.3 is 0 Å². The second-order valence-corrected chi connectivity index (χ2v) is 7.20. The van der Waals surface area contributed by atoms with Crippen LogP contribution in [0.5, 0.6) is 0 Å².